The standard InChI is InChI=1S/C11H19Br/c1-10(2)8-4-5-11(3,6-8)9(10)7-12/h8-9H,4-7H2,1-3H3. The Hall–Kier alpha value is 0.480. The molecule has 70 valence electrons. The Morgan fingerprint density at radius 2 is 2.00 bits per heavy atom. The first-order chi connectivity index (χ1) is 5.50. The number of halogens is 1. The van der Waals surface area contributed by atoms with Crippen LogP contribution in [0, 0.1) is 22.7 Å². The van der Waals surface area contributed by atoms with Gasteiger partial charge in [-0.15, -0.1) is 0 Å². The Labute approximate surface area is 84.2 Å². The maximum absolute atomic E-state index is 3.69. The largest absolute Gasteiger partial charge is 0.0925 e. The summed E-state index contributed by atoms with van der Waals surface area (Å²) in [4.78, 5) is 0. The molecule has 2 fully saturated rings. The maximum atomic E-state index is 3.69. The third kappa shape index (κ3) is 0.950. The van der Waals surface area contributed by atoms with Crippen LogP contribution in [0.15, 0.2) is 0 Å². The molecule has 0 aromatic carbocycles. The van der Waals surface area contributed by atoms with Crippen molar-refractivity contribution in [1.29, 1.82) is 0 Å². The van der Waals surface area contributed by atoms with Crippen molar-refractivity contribution in [3.05, 3.63) is 0 Å². The molecule has 0 nitrogen and oxygen atoms in total. The van der Waals surface area contributed by atoms with Gasteiger partial charge >= 0.3 is 0 Å². The third-order valence-electron chi connectivity index (χ3n) is 4.72. The predicted molar refractivity (Wildman–Crippen MR) is 56.5 cm³/mol. The van der Waals surface area contributed by atoms with E-state index in [0.29, 0.717) is 10.8 Å². The molecule has 0 aromatic heterocycles. The van der Waals surface area contributed by atoms with Crippen molar-refractivity contribution in [3.8, 4) is 0 Å². The average Bonchev–Trinajstić information content (AvgIpc) is 2.39. The summed E-state index contributed by atoms with van der Waals surface area (Å²) in [5.74, 6) is 1.91. The summed E-state index contributed by atoms with van der Waals surface area (Å²) >= 11 is 3.69. The Morgan fingerprint density at radius 1 is 1.33 bits per heavy atom. The van der Waals surface area contributed by atoms with Crippen molar-refractivity contribution in [1.82, 2.24) is 0 Å². The van der Waals surface area contributed by atoms with Gasteiger partial charge in [0.2, 0.25) is 0 Å². The van der Waals surface area contributed by atoms with Crippen molar-refractivity contribution in [2.45, 2.75) is 40.0 Å². The van der Waals surface area contributed by atoms with Crippen LogP contribution >= 0.6 is 15.9 Å². The Kier molecular flexibility index (Phi) is 1.88. The van der Waals surface area contributed by atoms with Crippen molar-refractivity contribution in [2.24, 2.45) is 22.7 Å². The summed E-state index contributed by atoms with van der Waals surface area (Å²) in [6, 6.07) is 0. The SMILES string of the molecule is CC12CCC(C1)C(C)(C)C2CBr. The highest BCUT2D eigenvalue weighted by molar-refractivity contribution is 9.09. The van der Waals surface area contributed by atoms with E-state index in [1.807, 2.05) is 0 Å². The molecule has 0 aromatic rings. The second-order valence-corrected chi connectivity index (χ2v) is 6.27. The molecule has 3 atom stereocenters. The summed E-state index contributed by atoms with van der Waals surface area (Å²) in [5.41, 5.74) is 1.26. The van der Waals surface area contributed by atoms with E-state index in [-0.39, 0.29) is 0 Å². The van der Waals surface area contributed by atoms with Gasteiger partial charge in [0.15, 0.2) is 0 Å². The molecule has 0 heterocycles. The van der Waals surface area contributed by atoms with Crippen LogP contribution < -0.4 is 0 Å². The topological polar surface area (TPSA) is 0 Å². The molecular weight excluding hydrogens is 212 g/mol. The van der Waals surface area contributed by atoms with Crippen LogP contribution in [0.4, 0.5) is 0 Å². The van der Waals surface area contributed by atoms with Gasteiger partial charge in [-0.3, -0.25) is 0 Å². The first kappa shape index (κ1) is 9.05. The van der Waals surface area contributed by atoms with E-state index in [2.05, 4.69) is 36.7 Å². The van der Waals surface area contributed by atoms with E-state index < -0.39 is 0 Å². The molecule has 3 unspecified atom stereocenters. The summed E-state index contributed by atoms with van der Waals surface area (Å²) in [7, 11) is 0. The van der Waals surface area contributed by atoms with E-state index in [0.717, 1.165) is 11.8 Å². The fourth-order valence-electron chi connectivity index (χ4n) is 3.79. The number of fused-ring (bicyclic) bond motifs is 2. The second-order valence-electron chi connectivity index (χ2n) is 5.62. The van der Waals surface area contributed by atoms with Gasteiger partial charge in [-0.1, -0.05) is 36.7 Å². The number of hydrogen-bond donors (Lipinski definition) is 0. The number of alkyl halides is 1. The zero-order valence-electron chi connectivity index (χ0n) is 8.36. The van der Waals surface area contributed by atoms with E-state index >= 15 is 0 Å². The van der Waals surface area contributed by atoms with Gasteiger partial charge in [-0.05, 0) is 41.9 Å². The molecule has 0 N–H and O–H groups in total. The van der Waals surface area contributed by atoms with Crippen LogP contribution in [0.5, 0.6) is 0 Å². The fourth-order valence-corrected chi connectivity index (χ4v) is 5.41. The van der Waals surface area contributed by atoms with Gasteiger partial charge in [0, 0.05) is 5.33 Å². The molecule has 0 saturated heterocycles. The molecule has 2 saturated carbocycles. The lowest BCUT2D eigenvalue weighted by Gasteiger charge is -2.41. The molecule has 0 radical (unpaired) electrons. The summed E-state index contributed by atoms with van der Waals surface area (Å²) < 4.78 is 0. The van der Waals surface area contributed by atoms with Crippen molar-refractivity contribution in [2.75, 3.05) is 5.33 Å². The zero-order valence-corrected chi connectivity index (χ0v) is 9.95. The van der Waals surface area contributed by atoms with Crippen molar-refractivity contribution in [3.63, 3.8) is 0 Å². The minimum Gasteiger partial charge on any atom is -0.0925 e. The van der Waals surface area contributed by atoms with E-state index in [1.165, 1.54) is 24.6 Å². The molecule has 2 bridgehead atoms. The second kappa shape index (κ2) is 2.50. The highest BCUT2D eigenvalue weighted by atomic mass is 79.9. The first-order valence-corrected chi connectivity index (χ1v) is 6.19. The summed E-state index contributed by atoms with van der Waals surface area (Å²) in [6.45, 7) is 7.43. The predicted octanol–water partition coefficient (Wildman–Crippen LogP) is 3.84. The van der Waals surface area contributed by atoms with Gasteiger partial charge < -0.3 is 0 Å². The lowest BCUT2D eigenvalue weighted by Crippen LogP contribution is -2.36. The normalized spacial score (nSPS) is 50.0. The van der Waals surface area contributed by atoms with Crippen LogP contribution in [0.25, 0.3) is 0 Å². The number of rotatable bonds is 1. The van der Waals surface area contributed by atoms with Gasteiger partial charge in [-0.2, -0.15) is 0 Å². The quantitative estimate of drug-likeness (QED) is 0.601. The van der Waals surface area contributed by atoms with Gasteiger partial charge in [0.1, 0.15) is 0 Å². The molecule has 2 aliphatic carbocycles. The molecular formula is C11H19Br. The van der Waals surface area contributed by atoms with Crippen LogP contribution in [0.1, 0.15) is 40.0 Å². The zero-order chi connectivity index (χ0) is 8.98. The average molecular weight is 231 g/mol. The summed E-state index contributed by atoms with van der Waals surface area (Å²) in [5, 5.41) is 1.20. The lowest BCUT2D eigenvalue weighted by molar-refractivity contribution is 0.0953. The third-order valence-corrected chi connectivity index (χ3v) is 5.37. The molecule has 2 rings (SSSR count). The molecule has 0 spiro atoms. The van der Waals surface area contributed by atoms with E-state index in [4.69, 9.17) is 0 Å². The first-order valence-electron chi connectivity index (χ1n) is 5.07. The Morgan fingerprint density at radius 3 is 2.33 bits per heavy atom. The van der Waals surface area contributed by atoms with E-state index in [9.17, 15) is 0 Å². The van der Waals surface area contributed by atoms with E-state index in [1.54, 1.807) is 0 Å². The fraction of sp³-hybridized carbons (Fsp3) is 1.00. The minimum atomic E-state index is 0.594. The summed E-state index contributed by atoms with van der Waals surface area (Å²) in [6.07, 6.45) is 4.43. The Bertz CT molecular complexity index is 192. The van der Waals surface area contributed by atoms with Crippen molar-refractivity contribution >= 4 is 15.9 Å². The van der Waals surface area contributed by atoms with Crippen LogP contribution in [0.3, 0.4) is 0 Å². The van der Waals surface area contributed by atoms with Crippen LogP contribution in [0.2, 0.25) is 0 Å². The van der Waals surface area contributed by atoms with Crippen molar-refractivity contribution < 1.29 is 0 Å². The molecule has 12 heavy (non-hydrogen) atoms. The van der Waals surface area contributed by atoms with Gasteiger partial charge in [0.05, 0.1) is 0 Å². The Balaban J connectivity index is 2.31. The van der Waals surface area contributed by atoms with Crippen LogP contribution in [-0.4, -0.2) is 5.33 Å². The molecule has 0 aliphatic heterocycles. The highest BCUT2D eigenvalue weighted by Gasteiger charge is 2.58. The highest BCUT2D eigenvalue weighted by Crippen LogP contribution is 2.66. The minimum absolute atomic E-state index is 0.594. The lowest BCUT2D eigenvalue weighted by atomic mass is 9.65. The monoisotopic (exact) mass is 230 g/mol. The molecule has 1 heteroatoms. The smallest absolute Gasteiger partial charge is 0.00700 e. The molecule has 2 aliphatic rings. The molecule has 0 amide bonds. The number of hydrogen-bond acceptors (Lipinski definition) is 0. The van der Waals surface area contributed by atoms with Gasteiger partial charge in [0.25, 0.3) is 0 Å². The van der Waals surface area contributed by atoms with Crippen LogP contribution in [-0.2, 0) is 0 Å². The maximum Gasteiger partial charge on any atom is 0.00700 e. The van der Waals surface area contributed by atoms with Gasteiger partial charge in [-0.25, -0.2) is 0 Å².